The minimum absolute atomic E-state index is 0.0244. The number of methoxy groups -OCH3 is 1. The summed E-state index contributed by atoms with van der Waals surface area (Å²) in [6, 6.07) is 17.1. The van der Waals surface area contributed by atoms with Crippen LogP contribution >= 0.6 is 0 Å². The molecule has 0 bridgehead atoms. The van der Waals surface area contributed by atoms with Gasteiger partial charge in [0.05, 0.1) is 36.8 Å². The number of urea groups is 1. The SMILES string of the molecule is COc1ccc(NC(=O)Nc2ccc3c(c2)C(=O)N([C@H](C)CO)C[C@@H](C)[C@H](CN(C)S(=O)(=O)c2ccc(C)cc2)O3)cc1. The van der Waals surface area contributed by atoms with Crippen LogP contribution in [0.15, 0.2) is 71.6 Å². The number of amides is 3. The van der Waals surface area contributed by atoms with Crippen molar-refractivity contribution >= 4 is 33.3 Å². The number of fused-ring (bicyclic) bond motifs is 1. The van der Waals surface area contributed by atoms with Crippen LogP contribution in [0, 0.1) is 12.8 Å². The van der Waals surface area contributed by atoms with Crippen LogP contribution in [0.1, 0.15) is 29.8 Å². The van der Waals surface area contributed by atoms with E-state index >= 15 is 0 Å². The van der Waals surface area contributed by atoms with Gasteiger partial charge in [-0.1, -0.05) is 24.6 Å². The van der Waals surface area contributed by atoms with Crippen molar-refractivity contribution in [3.8, 4) is 11.5 Å². The Hall–Kier alpha value is -4.13. The van der Waals surface area contributed by atoms with Crippen molar-refractivity contribution in [2.45, 2.75) is 37.8 Å². The summed E-state index contributed by atoms with van der Waals surface area (Å²) in [5.41, 5.74) is 2.03. The van der Waals surface area contributed by atoms with Crippen molar-refractivity contribution in [2.24, 2.45) is 5.92 Å². The molecule has 3 aromatic carbocycles. The molecule has 4 rings (SSSR count). The number of carbonyl (C=O) groups excluding carboxylic acids is 2. The van der Waals surface area contributed by atoms with E-state index in [0.717, 1.165) is 5.56 Å². The lowest BCUT2D eigenvalue weighted by Crippen LogP contribution is -2.50. The number of ether oxygens (including phenoxy) is 2. The van der Waals surface area contributed by atoms with Crippen LogP contribution < -0.4 is 20.1 Å². The number of anilines is 2. The molecule has 11 nitrogen and oxygen atoms in total. The molecule has 0 fully saturated rings. The lowest BCUT2D eigenvalue weighted by molar-refractivity contribution is 0.0387. The molecule has 12 heteroatoms. The maximum atomic E-state index is 13.7. The zero-order valence-corrected chi connectivity index (χ0v) is 25.7. The summed E-state index contributed by atoms with van der Waals surface area (Å²) in [5.74, 6) is 0.245. The van der Waals surface area contributed by atoms with E-state index in [1.807, 2.05) is 13.8 Å². The second kappa shape index (κ2) is 13.4. The first-order valence-electron chi connectivity index (χ1n) is 13.9. The highest BCUT2D eigenvalue weighted by molar-refractivity contribution is 7.89. The van der Waals surface area contributed by atoms with Crippen LogP contribution in [0.5, 0.6) is 11.5 Å². The van der Waals surface area contributed by atoms with E-state index in [2.05, 4.69) is 10.6 Å². The van der Waals surface area contributed by atoms with Gasteiger partial charge in [-0.2, -0.15) is 4.31 Å². The summed E-state index contributed by atoms with van der Waals surface area (Å²) in [7, 11) is -0.749. The van der Waals surface area contributed by atoms with Crippen LogP contribution in [0.3, 0.4) is 0 Å². The van der Waals surface area contributed by atoms with Crippen molar-refractivity contribution in [1.82, 2.24) is 9.21 Å². The zero-order chi connectivity index (χ0) is 31.3. The van der Waals surface area contributed by atoms with Gasteiger partial charge >= 0.3 is 6.03 Å². The Balaban J connectivity index is 1.59. The Morgan fingerprint density at radius 2 is 1.72 bits per heavy atom. The number of sulfonamides is 1. The Morgan fingerprint density at radius 1 is 1.09 bits per heavy atom. The molecule has 3 amide bonds. The molecule has 3 atom stereocenters. The quantitative estimate of drug-likeness (QED) is 0.330. The highest BCUT2D eigenvalue weighted by Gasteiger charge is 2.35. The van der Waals surface area contributed by atoms with E-state index in [9.17, 15) is 23.1 Å². The van der Waals surface area contributed by atoms with Crippen molar-refractivity contribution in [3.05, 3.63) is 77.9 Å². The fourth-order valence-electron chi connectivity index (χ4n) is 4.73. The Morgan fingerprint density at radius 3 is 2.35 bits per heavy atom. The molecule has 3 aromatic rings. The van der Waals surface area contributed by atoms with Crippen LogP contribution in [0.25, 0.3) is 0 Å². The average Bonchev–Trinajstić information content (AvgIpc) is 2.99. The Labute approximate surface area is 252 Å². The molecule has 0 saturated carbocycles. The highest BCUT2D eigenvalue weighted by Crippen LogP contribution is 2.31. The number of aryl methyl sites for hydroxylation is 1. The number of rotatable bonds is 9. The molecule has 43 heavy (non-hydrogen) atoms. The van der Waals surface area contributed by atoms with Crippen molar-refractivity contribution in [1.29, 1.82) is 0 Å². The fraction of sp³-hybridized carbons (Fsp3) is 0.355. The molecule has 0 spiro atoms. The molecule has 0 aliphatic carbocycles. The lowest BCUT2D eigenvalue weighted by atomic mass is 9.99. The Kier molecular flexibility index (Phi) is 9.95. The highest BCUT2D eigenvalue weighted by atomic mass is 32.2. The molecule has 0 radical (unpaired) electrons. The number of aliphatic hydroxyl groups excluding tert-OH is 1. The number of nitrogens with zero attached hydrogens (tertiary/aromatic N) is 2. The maximum Gasteiger partial charge on any atom is 0.323 e. The second-order valence-corrected chi connectivity index (χ2v) is 12.8. The molecule has 0 saturated heterocycles. The molecule has 1 aliphatic heterocycles. The van der Waals surface area contributed by atoms with Crippen LogP contribution in [-0.4, -0.2) is 80.7 Å². The predicted molar refractivity (Wildman–Crippen MR) is 164 cm³/mol. The Bertz CT molecular complexity index is 1550. The minimum atomic E-state index is -3.80. The van der Waals surface area contributed by atoms with Gasteiger partial charge in [0.15, 0.2) is 0 Å². The molecule has 3 N–H and O–H groups in total. The van der Waals surface area contributed by atoms with Crippen LogP contribution in [-0.2, 0) is 10.0 Å². The largest absolute Gasteiger partial charge is 0.497 e. The topological polar surface area (TPSA) is 138 Å². The van der Waals surface area contributed by atoms with E-state index in [1.165, 1.54) is 17.4 Å². The van der Waals surface area contributed by atoms with Gasteiger partial charge in [0.2, 0.25) is 10.0 Å². The summed E-state index contributed by atoms with van der Waals surface area (Å²) in [6.07, 6.45) is -0.623. The number of aliphatic hydroxyl groups is 1. The molecule has 0 unspecified atom stereocenters. The summed E-state index contributed by atoms with van der Waals surface area (Å²) >= 11 is 0. The van der Waals surface area contributed by atoms with E-state index in [-0.39, 0.29) is 47.7 Å². The first kappa shape index (κ1) is 31.8. The fourth-order valence-corrected chi connectivity index (χ4v) is 5.91. The van der Waals surface area contributed by atoms with E-state index in [1.54, 1.807) is 79.6 Å². The monoisotopic (exact) mass is 610 g/mol. The van der Waals surface area contributed by atoms with Gasteiger partial charge in [0, 0.05) is 30.9 Å². The third-order valence-electron chi connectivity index (χ3n) is 7.44. The zero-order valence-electron chi connectivity index (χ0n) is 24.9. The van der Waals surface area contributed by atoms with Crippen LogP contribution in [0.4, 0.5) is 16.2 Å². The minimum Gasteiger partial charge on any atom is -0.497 e. The number of nitrogens with one attached hydrogen (secondary N) is 2. The lowest BCUT2D eigenvalue weighted by Gasteiger charge is -2.38. The third kappa shape index (κ3) is 7.45. The van der Waals surface area contributed by atoms with Gasteiger partial charge in [-0.05, 0) is 68.4 Å². The molecule has 230 valence electrons. The first-order chi connectivity index (χ1) is 20.4. The molecular weight excluding hydrogens is 572 g/mol. The number of likely N-dealkylation sites (N-methyl/N-ethyl adjacent to an activating group) is 1. The van der Waals surface area contributed by atoms with Gasteiger partial charge in [-0.3, -0.25) is 4.79 Å². The summed E-state index contributed by atoms with van der Waals surface area (Å²) in [4.78, 5) is 28.1. The van der Waals surface area contributed by atoms with Gasteiger partial charge in [0.1, 0.15) is 17.6 Å². The summed E-state index contributed by atoms with van der Waals surface area (Å²) in [5, 5.41) is 15.4. The number of benzene rings is 3. The maximum absolute atomic E-state index is 13.7. The van der Waals surface area contributed by atoms with Gasteiger partial charge in [-0.25, -0.2) is 13.2 Å². The van der Waals surface area contributed by atoms with E-state index in [4.69, 9.17) is 9.47 Å². The smallest absolute Gasteiger partial charge is 0.323 e. The van der Waals surface area contributed by atoms with E-state index < -0.39 is 28.2 Å². The number of hydrogen-bond donors (Lipinski definition) is 3. The summed E-state index contributed by atoms with van der Waals surface area (Å²) in [6.45, 7) is 5.49. The number of carbonyl (C=O) groups is 2. The predicted octanol–water partition coefficient (Wildman–Crippen LogP) is 4.19. The third-order valence-corrected chi connectivity index (χ3v) is 9.27. The summed E-state index contributed by atoms with van der Waals surface area (Å²) < 4.78 is 39.4. The van der Waals surface area contributed by atoms with Gasteiger partial charge in [0.25, 0.3) is 5.91 Å². The average molecular weight is 611 g/mol. The molecule has 0 aromatic heterocycles. The van der Waals surface area contributed by atoms with Crippen molar-refractivity contribution in [2.75, 3.05) is 44.5 Å². The number of hydrogen-bond acceptors (Lipinski definition) is 7. The van der Waals surface area contributed by atoms with E-state index in [0.29, 0.717) is 17.1 Å². The normalized spacial score (nSPS) is 17.7. The second-order valence-electron chi connectivity index (χ2n) is 10.7. The molecule has 1 aliphatic rings. The standard InChI is InChI=1S/C31H38N4O7S/c1-20-6-13-26(14-7-20)43(39,40)34(4)18-29-21(2)17-35(22(3)19-36)30(37)27-16-24(10-15-28(27)42-29)33-31(38)32-23-8-11-25(41-5)12-9-23/h6-16,21-22,29,36H,17-19H2,1-5H3,(H2,32,33,38)/t21-,22-,29+/m1/s1. The van der Waals surface area contributed by atoms with Gasteiger partial charge < -0.3 is 30.1 Å². The van der Waals surface area contributed by atoms with Crippen molar-refractivity contribution in [3.63, 3.8) is 0 Å². The molecule has 1 heterocycles. The van der Waals surface area contributed by atoms with Crippen LogP contribution in [0.2, 0.25) is 0 Å². The first-order valence-corrected chi connectivity index (χ1v) is 15.3. The van der Waals surface area contributed by atoms with Gasteiger partial charge in [-0.15, -0.1) is 0 Å². The van der Waals surface area contributed by atoms with Crippen molar-refractivity contribution < 1.29 is 32.6 Å². The molecular formula is C31H38N4O7S.